The smallest absolute Gasteiger partial charge is 0.349 e. The molecule has 2 aromatic carbocycles. The van der Waals surface area contributed by atoms with Gasteiger partial charge in [0.2, 0.25) is 0 Å². The van der Waals surface area contributed by atoms with E-state index in [1.54, 1.807) is 42.5 Å². The van der Waals surface area contributed by atoms with Gasteiger partial charge in [0, 0.05) is 10.9 Å². The largest absolute Gasteiger partial charge is 0.422 e. The van der Waals surface area contributed by atoms with Crippen LogP contribution in [0.4, 0.5) is 4.39 Å². The molecule has 0 aliphatic rings. The summed E-state index contributed by atoms with van der Waals surface area (Å²) in [5.41, 5.74) is 1.52. The van der Waals surface area contributed by atoms with Crippen LogP contribution in [-0.4, -0.2) is 15.9 Å². The summed E-state index contributed by atoms with van der Waals surface area (Å²) in [6.07, 6.45) is 1.37. The molecule has 7 heteroatoms. The second-order valence-corrected chi connectivity index (χ2v) is 6.07. The third kappa shape index (κ3) is 3.64. The minimum absolute atomic E-state index is 0.0773. The van der Waals surface area contributed by atoms with Gasteiger partial charge in [0.1, 0.15) is 23.3 Å². The highest BCUT2D eigenvalue weighted by Crippen LogP contribution is 2.17. The first kappa shape index (κ1) is 17.5. The van der Waals surface area contributed by atoms with E-state index in [9.17, 15) is 14.0 Å². The summed E-state index contributed by atoms with van der Waals surface area (Å²) in [5, 5.41) is 3.32. The molecule has 0 aliphatic heterocycles. The second kappa shape index (κ2) is 7.40. The van der Waals surface area contributed by atoms with E-state index in [4.69, 9.17) is 4.42 Å². The van der Waals surface area contributed by atoms with E-state index in [0.29, 0.717) is 22.4 Å². The van der Waals surface area contributed by atoms with E-state index < -0.39 is 11.5 Å². The molecule has 0 fully saturated rings. The van der Waals surface area contributed by atoms with Crippen LogP contribution in [0, 0.1) is 5.82 Å². The number of benzene rings is 2. The number of hydrogen-bond acceptors (Lipinski definition) is 5. The van der Waals surface area contributed by atoms with Crippen molar-refractivity contribution in [2.45, 2.75) is 6.54 Å². The zero-order valence-electron chi connectivity index (χ0n) is 14.6. The van der Waals surface area contributed by atoms with Crippen molar-refractivity contribution in [2.75, 3.05) is 0 Å². The Morgan fingerprint density at radius 3 is 2.64 bits per heavy atom. The zero-order valence-corrected chi connectivity index (χ0v) is 14.6. The number of nitrogens with one attached hydrogen (secondary N) is 1. The maximum absolute atomic E-state index is 13.1. The van der Waals surface area contributed by atoms with Gasteiger partial charge in [0.05, 0.1) is 17.9 Å². The van der Waals surface area contributed by atoms with Crippen LogP contribution in [0.15, 0.2) is 76.2 Å². The van der Waals surface area contributed by atoms with E-state index in [1.807, 2.05) is 0 Å². The Bertz CT molecular complexity index is 1220. The van der Waals surface area contributed by atoms with Crippen LogP contribution < -0.4 is 10.9 Å². The van der Waals surface area contributed by atoms with E-state index in [-0.39, 0.29) is 17.9 Å². The molecule has 1 N–H and O–H groups in total. The second-order valence-electron chi connectivity index (χ2n) is 6.07. The van der Waals surface area contributed by atoms with Gasteiger partial charge in [-0.25, -0.2) is 19.2 Å². The minimum Gasteiger partial charge on any atom is -0.422 e. The van der Waals surface area contributed by atoms with Gasteiger partial charge in [-0.05, 0) is 42.5 Å². The molecule has 28 heavy (non-hydrogen) atoms. The summed E-state index contributed by atoms with van der Waals surface area (Å²) in [5.74, 6) is -0.888. The van der Waals surface area contributed by atoms with Gasteiger partial charge < -0.3 is 9.73 Å². The Labute approximate surface area is 158 Å². The number of fused-ring (bicyclic) bond motifs is 1. The number of hydrogen-bond donors (Lipinski definition) is 1. The molecule has 0 spiro atoms. The van der Waals surface area contributed by atoms with Crippen LogP contribution in [0.5, 0.6) is 0 Å². The maximum atomic E-state index is 13.1. The average molecular weight is 375 g/mol. The van der Waals surface area contributed by atoms with Crippen molar-refractivity contribution < 1.29 is 13.6 Å². The molecule has 0 aliphatic carbocycles. The molecule has 0 saturated carbocycles. The third-order valence-corrected chi connectivity index (χ3v) is 4.18. The molecule has 2 heterocycles. The molecule has 6 nitrogen and oxygen atoms in total. The lowest BCUT2D eigenvalue weighted by atomic mass is 10.1. The molecular formula is C21H14FN3O3. The molecule has 1 amide bonds. The topological polar surface area (TPSA) is 85.1 Å². The first-order chi connectivity index (χ1) is 13.6. The predicted octanol–water partition coefficient (Wildman–Crippen LogP) is 3.32. The number of carbonyl (C=O) groups is 1. The van der Waals surface area contributed by atoms with Gasteiger partial charge in [0.25, 0.3) is 5.91 Å². The Hall–Kier alpha value is -3.87. The number of rotatable bonds is 4. The Balaban J connectivity index is 1.52. The molecule has 2 aromatic heterocycles. The van der Waals surface area contributed by atoms with E-state index >= 15 is 0 Å². The normalized spacial score (nSPS) is 10.8. The Morgan fingerprint density at radius 1 is 1.04 bits per heavy atom. The quantitative estimate of drug-likeness (QED) is 0.553. The number of para-hydroxylation sites is 1. The van der Waals surface area contributed by atoms with Crippen molar-refractivity contribution in [3.05, 3.63) is 94.5 Å². The van der Waals surface area contributed by atoms with Crippen molar-refractivity contribution >= 4 is 16.9 Å². The summed E-state index contributed by atoms with van der Waals surface area (Å²) in [6, 6.07) is 16.1. The van der Waals surface area contributed by atoms with Crippen molar-refractivity contribution in [3.63, 3.8) is 0 Å². The highest BCUT2D eigenvalue weighted by molar-refractivity contribution is 5.96. The first-order valence-corrected chi connectivity index (χ1v) is 8.48. The van der Waals surface area contributed by atoms with E-state index in [2.05, 4.69) is 15.3 Å². The highest BCUT2D eigenvalue weighted by atomic mass is 19.1. The fourth-order valence-electron chi connectivity index (χ4n) is 2.76. The summed E-state index contributed by atoms with van der Waals surface area (Å²) >= 11 is 0. The van der Waals surface area contributed by atoms with Gasteiger partial charge >= 0.3 is 5.63 Å². The number of amides is 1. The van der Waals surface area contributed by atoms with Crippen LogP contribution in [0.25, 0.3) is 22.2 Å². The molecule has 0 radical (unpaired) electrons. The lowest BCUT2D eigenvalue weighted by molar-refractivity contribution is 0.0947. The summed E-state index contributed by atoms with van der Waals surface area (Å²) in [6.45, 7) is 0.0990. The molecule has 4 rings (SSSR count). The van der Waals surface area contributed by atoms with E-state index in [0.717, 1.165) is 5.56 Å². The van der Waals surface area contributed by atoms with Gasteiger partial charge in [-0.1, -0.05) is 18.2 Å². The highest BCUT2D eigenvalue weighted by Gasteiger charge is 2.14. The van der Waals surface area contributed by atoms with E-state index in [1.165, 1.54) is 24.5 Å². The molecule has 4 aromatic rings. The van der Waals surface area contributed by atoms with Crippen molar-refractivity contribution in [2.24, 2.45) is 0 Å². The standard InChI is InChI=1S/C21H14FN3O3/c22-15-7-5-13(6-8-15)18-10-16(24-12-25-18)11-23-20(26)17-9-14-3-1-2-4-19(14)28-21(17)27/h1-10,12H,11H2,(H,23,26). The number of carbonyl (C=O) groups excluding carboxylic acids is 1. The van der Waals surface area contributed by atoms with Crippen LogP contribution in [0.1, 0.15) is 16.1 Å². The molecule has 0 atom stereocenters. The fourth-order valence-corrected chi connectivity index (χ4v) is 2.76. The van der Waals surface area contributed by atoms with Crippen LogP contribution in [0.2, 0.25) is 0 Å². The number of halogens is 1. The van der Waals surface area contributed by atoms with Gasteiger partial charge in [0.15, 0.2) is 0 Å². The Kier molecular flexibility index (Phi) is 4.63. The summed E-state index contributed by atoms with van der Waals surface area (Å²) < 4.78 is 18.2. The summed E-state index contributed by atoms with van der Waals surface area (Å²) in [7, 11) is 0. The average Bonchev–Trinajstić information content (AvgIpc) is 2.72. The molecular weight excluding hydrogens is 361 g/mol. The monoisotopic (exact) mass is 375 g/mol. The van der Waals surface area contributed by atoms with Crippen LogP contribution in [-0.2, 0) is 6.54 Å². The van der Waals surface area contributed by atoms with Gasteiger partial charge in [-0.2, -0.15) is 0 Å². The SMILES string of the molecule is O=C(NCc1cc(-c2ccc(F)cc2)ncn1)c1cc2ccccc2oc1=O. The molecule has 0 bridgehead atoms. The lowest BCUT2D eigenvalue weighted by Gasteiger charge is -2.06. The van der Waals surface area contributed by atoms with Crippen LogP contribution >= 0.6 is 0 Å². The summed E-state index contributed by atoms with van der Waals surface area (Å²) in [4.78, 5) is 32.8. The number of aromatic nitrogens is 2. The van der Waals surface area contributed by atoms with Crippen LogP contribution in [0.3, 0.4) is 0 Å². The van der Waals surface area contributed by atoms with Gasteiger partial charge in [-0.15, -0.1) is 0 Å². The molecule has 0 saturated heterocycles. The molecule has 138 valence electrons. The van der Waals surface area contributed by atoms with Crippen molar-refractivity contribution in [1.29, 1.82) is 0 Å². The minimum atomic E-state index is -0.703. The first-order valence-electron chi connectivity index (χ1n) is 8.48. The predicted molar refractivity (Wildman–Crippen MR) is 101 cm³/mol. The Morgan fingerprint density at radius 2 is 1.82 bits per heavy atom. The molecule has 0 unspecified atom stereocenters. The third-order valence-electron chi connectivity index (χ3n) is 4.18. The zero-order chi connectivity index (χ0) is 19.5. The maximum Gasteiger partial charge on any atom is 0.349 e. The fraction of sp³-hybridized carbons (Fsp3) is 0.0476. The van der Waals surface area contributed by atoms with Crippen molar-refractivity contribution in [1.82, 2.24) is 15.3 Å². The lowest BCUT2D eigenvalue weighted by Crippen LogP contribution is -2.28. The van der Waals surface area contributed by atoms with Crippen molar-refractivity contribution in [3.8, 4) is 11.3 Å². The number of nitrogens with zero attached hydrogens (tertiary/aromatic N) is 2. The van der Waals surface area contributed by atoms with Gasteiger partial charge in [-0.3, -0.25) is 4.79 Å².